The van der Waals surface area contributed by atoms with Crippen molar-refractivity contribution in [2.45, 2.75) is 51.5 Å². The van der Waals surface area contributed by atoms with Gasteiger partial charge in [0.25, 0.3) is 0 Å². The van der Waals surface area contributed by atoms with Crippen LogP contribution in [-0.2, 0) is 19.6 Å². The average molecular weight is 358 g/mol. The van der Waals surface area contributed by atoms with Crippen molar-refractivity contribution < 1.29 is 23.1 Å². The van der Waals surface area contributed by atoms with Gasteiger partial charge in [0.15, 0.2) is 0 Å². The number of amides is 1. The van der Waals surface area contributed by atoms with Gasteiger partial charge in [-0.1, -0.05) is 13.3 Å². The highest BCUT2D eigenvalue weighted by molar-refractivity contribution is 7.89. The van der Waals surface area contributed by atoms with Crippen LogP contribution >= 0.6 is 0 Å². The maximum atomic E-state index is 12.9. The Morgan fingerprint density at radius 2 is 2.00 bits per heavy atom. The predicted molar refractivity (Wildman–Crippen MR) is 87.8 cm³/mol. The molecule has 3 atom stereocenters. The molecule has 1 saturated carbocycles. The number of sulfonamides is 1. The third kappa shape index (κ3) is 2.73. The Morgan fingerprint density at radius 3 is 2.62 bits per heavy atom. The van der Waals surface area contributed by atoms with Gasteiger partial charge in [0.2, 0.25) is 15.9 Å². The second-order valence-corrected chi connectivity index (χ2v) is 9.40. The normalized spacial score (nSPS) is 33.8. The van der Waals surface area contributed by atoms with Crippen LogP contribution < -0.4 is 0 Å². The van der Waals surface area contributed by atoms with Crippen molar-refractivity contribution in [2.24, 2.45) is 11.3 Å². The van der Waals surface area contributed by atoms with E-state index in [1.165, 1.54) is 4.31 Å². The summed E-state index contributed by atoms with van der Waals surface area (Å²) < 4.78 is 26.1. The Kier molecular flexibility index (Phi) is 4.63. The summed E-state index contributed by atoms with van der Waals surface area (Å²) in [5.41, 5.74) is -0.818. The zero-order valence-corrected chi connectivity index (χ0v) is 14.9. The molecular formula is C16H26N2O5S. The summed E-state index contributed by atoms with van der Waals surface area (Å²) in [5, 5.41) is 9.65. The van der Waals surface area contributed by atoms with Gasteiger partial charge in [0, 0.05) is 19.6 Å². The van der Waals surface area contributed by atoms with Crippen molar-refractivity contribution in [1.29, 1.82) is 0 Å². The van der Waals surface area contributed by atoms with Gasteiger partial charge >= 0.3 is 5.97 Å². The predicted octanol–water partition coefficient (Wildman–Crippen LogP) is 0.904. The van der Waals surface area contributed by atoms with Gasteiger partial charge in [0.1, 0.15) is 6.04 Å². The molecule has 0 spiro atoms. The van der Waals surface area contributed by atoms with Crippen LogP contribution in [0.15, 0.2) is 0 Å². The van der Waals surface area contributed by atoms with Gasteiger partial charge in [-0.3, -0.25) is 9.59 Å². The molecule has 2 saturated heterocycles. The molecule has 3 aliphatic rings. The Morgan fingerprint density at radius 1 is 1.25 bits per heavy atom. The van der Waals surface area contributed by atoms with Crippen LogP contribution in [0.25, 0.3) is 0 Å². The molecule has 3 rings (SSSR count). The molecule has 1 unspecified atom stereocenters. The maximum absolute atomic E-state index is 12.9. The number of rotatable bonds is 5. The third-order valence-electron chi connectivity index (χ3n) is 5.92. The van der Waals surface area contributed by atoms with Crippen LogP contribution in [0.1, 0.15) is 45.4 Å². The highest BCUT2D eigenvalue weighted by Gasteiger charge is 2.56. The lowest BCUT2D eigenvalue weighted by Gasteiger charge is -2.28. The first-order valence-corrected chi connectivity index (χ1v) is 10.4. The van der Waals surface area contributed by atoms with Crippen LogP contribution in [0.3, 0.4) is 0 Å². The summed E-state index contributed by atoms with van der Waals surface area (Å²) in [6.07, 6.45) is 4.06. The zero-order chi connectivity index (χ0) is 17.5. The molecule has 0 radical (unpaired) electrons. The molecule has 0 bridgehead atoms. The van der Waals surface area contributed by atoms with Gasteiger partial charge in [0.05, 0.1) is 11.2 Å². The molecule has 1 N–H and O–H groups in total. The van der Waals surface area contributed by atoms with E-state index in [0.29, 0.717) is 38.8 Å². The summed E-state index contributed by atoms with van der Waals surface area (Å²) >= 11 is 0. The Bertz CT molecular complexity index is 634. The van der Waals surface area contributed by atoms with Crippen molar-refractivity contribution >= 4 is 21.9 Å². The number of nitrogens with zero attached hydrogens (tertiary/aromatic N) is 2. The summed E-state index contributed by atoms with van der Waals surface area (Å²) in [7, 11) is -3.41. The van der Waals surface area contributed by atoms with Crippen LogP contribution in [0, 0.1) is 11.3 Å². The van der Waals surface area contributed by atoms with E-state index in [1.807, 2.05) is 6.92 Å². The molecule has 2 aliphatic heterocycles. The van der Waals surface area contributed by atoms with Crippen LogP contribution in [-0.4, -0.2) is 66.0 Å². The first kappa shape index (κ1) is 17.7. The summed E-state index contributed by atoms with van der Waals surface area (Å²) in [4.78, 5) is 26.3. The molecule has 0 aromatic heterocycles. The highest BCUT2D eigenvalue weighted by Crippen LogP contribution is 2.49. The Balaban J connectivity index is 1.77. The van der Waals surface area contributed by atoms with E-state index in [2.05, 4.69) is 0 Å². The number of hydrogen-bond donors (Lipinski definition) is 1. The number of aliphatic carboxylic acids is 1. The topological polar surface area (TPSA) is 95.0 Å². The molecule has 8 heteroatoms. The second kappa shape index (κ2) is 6.29. The van der Waals surface area contributed by atoms with Gasteiger partial charge in [-0.25, -0.2) is 8.42 Å². The standard InChI is InChI=1S/C16H26N2O5S/c1-2-9-24(22,23)18-8-4-6-13(18)14(19)17-10-12-5-3-7-16(12,11-17)15(20)21/h12-13H,2-11H2,1H3,(H,20,21)/t12-,13?,16+/m0/s1. The number of carbonyl (C=O) groups excluding carboxylic acids is 1. The number of carbonyl (C=O) groups is 2. The first-order valence-electron chi connectivity index (χ1n) is 8.83. The molecule has 24 heavy (non-hydrogen) atoms. The van der Waals surface area contributed by atoms with Crippen molar-refractivity contribution in [3.63, 3.8) is 0 Å². The van der Waals surface area contributed by atoms with Crippen molar-refractivity contribution in [3.05, 3.63) is 0 Å². The van der Waals surface area contributed by atoms with Crippen LogP contribution in [0.4, 0.5) is 0 Å². The lowest BCUT2D eigenvalue weighted by Crippen LogP contribution is -2.48. The number of hydrogen-bond acceptors (Lipinski definition) is 4. The minimum Gasteiger partial charge on any atom is -0.481 e. The van der Waals surface area contributed by atoms with E-state index in [-0.39, 0.29) is 24.1 Å². The maximum Gasteiger partial charge on any atom is 0.311 e. The average Bonchev–Trinajstić information content (AvgIpc) is 3.20. The largest absolute Gasteiger partial charge is 0.481 e. The quantitative estimate of drug-likeness (QED) is 0.788. The number of carboxylic acid groups (broad SMARTS) is 1. The lowest BCUT2D eigenvalue weighted by molar-refractivity contribution is -0.149. The van der Waals surface area contributed by atoms with Gasteiger partial charge < -0.3 is 10.0 Å². The van der Waals surface area contributed by atoms with Crippen molar-refractivity contribution in [2.75, 3.05) is 25.4 Å². The fourth-order valence-electron chi connectivity index (χ4n) is 4.71. The third-order valence-corrected chi connectivity index (χ3v) is 7.99. The highest BCUT2D eigenvalue weighted by atomic mass is 32.2. The number of carboxylic acids is 1. The molecule has 136 valence electrons. The van der Waals surface area contributed by atoms with E-state index in [4.69, 9.17) is 0 Å². The van der Waals surface area contributed by atoms with Crippen molar-refractivity contribution in [3.8, 4) is 0 Å². The summed E-state index contributed by atoms with van der Waals surface area (Å²) in [6.45, 7) is 2.87. The van der Waals surface area contributed by atoms with E-state index >= 15 is 0 Å². The van der Waals surface area contributed by atoms with Gasteiger partial charge in [-0.15, -0.1) is 0 Å². The summed E-state index contributed by atoms with van der Waals surface area (Å²) in [6, 6.07) is -0.647. The zero-order valence-electron chi connectivity index (χ0n) is 14.1. The Hall–Kier alpha value is -1.15. The smallest absolute Gasteiger partial charge is 0.311 e. The van der Waals surface area contributed by atoms with Crippen LogP contribution in [0.5, 0.6) is 0 Å². The molecule has 7 nitrogen and oxygen atoms in total. The fraction of sp³-hybridized carbons (Fsp3) is 0.875. The van der Waals surface area contributed by atoms with Gasteiger partial charge in [-0.05, 0) is 38.0 Å². The SMILES string of the molecule is CCCS(=O)(=O)N1CCCC1C(=O)N1C[C@@H]2CCC[C@@]2(C(=O)O)C1. The van der Waals surface area contributed by atoms with Crippen molar-refractivity contribution in [1.82, 2.24) is 9.21 Å². The number of likely N-dealkylation sites (tertiary alicyclic amines) is 1. The van der Waals surface area contributed by atoms with E-state index in [0.717, 1.165) is 12.8 Å². The fourth-order valence-corrected chi connectivity index (χ4v) is 6.45. The van der Waals surface area contributed by atoms with E-state index in [9.17, 15) is 23.1 Å². The lowest BCUT2D eigenvalue weighted by atomic mass is 9.81. The first-order chi connectivity index (χ1) is 11.3. The minimum atomic E-state index is -3.41. The number of fused-ring (bicyclic) bond motifs is 1. The molecule has 1 amide bonds. The molecule has 1 aliphatic carbocycles. The second-order valence-electron chi connectivity index (χ2n) is 7.35. The molecule has 0 aromatic rings. The molecule has 2 heterocycles. The van der Waals surface area contributed by atoms with E-state index < -0.39 is 27.4 Å². The Labute approximate surface area is 143 Å². The molecule has 3 fully saturated rings. The monoisotopic (exact) mass is 358 g/mol. The van der Waals surface area contributed by atoms with Crippen LogP contribution in [0.2, 0.25) is 0 Å². The summed E-state index contributed by atoms with van der Waals surface area (Å²) in [5.74, 6) is -0.969. The van der Waals surface area contributed by atoms with E-state index in [1.54, 1.807) is 4.90 Å². The molecular weight excluding hydrogens is 332 g/mol. The molecule has 0 aromatic carbocycles. The minimum absolute atomic E-state index is 0.000974. The van der Waals surface area contributed by atoms with Gasteiger partial charge in [-0.2, -0.15) is 4.31 Å².